The van der Waals surface area contributed by atoms with Crippen LogP contribution in [0.3, 0.4) is 0 Å². The molecule has 0 aliphatic heterocycles. The minimum absolute atomic E-state index is 0.185. The molecular formula is C13H14F3N3. The average Bonchev–Trinajstić information content (AvgIpc) is 2.73. The predicted molar refractivity (Wildman–Crippen MR) is 65.3 cm³/mol. The summed E-state index contributed by atoms with van der Waals surface area (Å²) in [6, 6.07) is 8.77. The summed E-state index contributed by atoms with van der Waals surface area (Å²) in [5.41, 5.74) is 0.631. The summed E-state index contributed by atoms with van der Waals surface area (Å²) in [6.07, 6.45) is -4.52. The molecule has 0 saturated carbocycles. The molecule has 102 valence electrons. The summed E-state index contributed by atoms with van der Waals surface area (Å²) in [4.78, 5) is 3.63. The molecule has 19 heavy (non-hydrogen) atoms. The number of halogens is 3. The van der Waals surface area contributed by atoms with Crippen LogP contribution >= 0.6 is 0 Å². The first-order valence-corrected chi connectivity index (χ1v) is 5.95. The smallest absolute Gasteiger partial charge is 0.245 e. The van der Waals surface area contributed by atoms with Gasteiger partial charge >= 0.3 is 6.18 Å². The predicted octanol–water partition coefficient (Wildman–Crippen LogP) is 3.62. The Morgan fingerprint density at radius 3 is 2.32 bits per heavy atom. The molecule has 2 aromatic rings. The van der Waals surface area contributed by atoms with Crippen molar-refractivity contribution in [2.45, 2.75) is 26.6 Å². The lowest BCUT2D eigenvalue weighted by atomic mass is 10.2. The Bertz CT molecular complexity index is 544. The first-order chi connectivity index (χ1) is 8.88. The number of aromatic nitrogens is 3. The Morgan fingerprint density at radius 2 is 1.79 bits per heavy atom. The molecule has 1 heterocycles. The van der Waals surface area contributed by atoms with Crippen molar-refractivity contribution < 1.29 is 13.2 Å². The van der Waals surface area contributed by atoms with Gasteiger partial charge in [0.1, 0.15) is 0 Å². The minimum Gasteiger partial charge on any atom is -0.245 e. The zero-order valence-corrected chi connectivity index (χ0v) is 10.6. The second kappa shape index (κ2) is 5.03. The van der Waals surface area contributed by atoms with Gasteiger partial charge in [0.25, 0.3) is 5.82 Å². The van der Waals surface area contributed by atoms with Crippen LogP contribution in [0.4, 0.5) is 13.2 Å². The Hall–Kier alpha value is -1.85. The van der Waals surface area contributed by atoms with Crippen LogP contribution in [0.25, 0.3) is 11.4 Å². The van der Waals surface area contributed by atoms with Crippen molar-refractivity contribution in [1.29, 1.82) is 0 Å². The molecule has 0 atom stereocenters. The van der Waals surface area contributed by atoms with Gasteiger partial charge in [-0.1, -0.05) is 44.2 Å². The minimum atomic E-state index is -4.52. The highest BCUT2D eigenvalue weighted by molar-refractivity contribution is 5.54. The normalized spacial score (nSPS) is 12.1. The third kappa shape index (κ3) is 3.13. The van der Waals surface area contributed by atoms with Crippen molar-refractivity contribution in [3.63, 3.8) is 0 Å². The summed E-state index contributed by atoms with van der Waals surface area (Å²) in [5, 5.41) is 3.58. The van der Waals surface area contributed by atoms with Crippen molar-refractivity contribution >= 4 is 0 Å². The fourth-order valence-electron chi connectivity index (χ4n) is 1.74. The van der Waals surface area contributed by atoms with E-state index in [1.807, 2.05) is 13.8 Å². The highest BCUT2D eigenvalue weighted by atomic mass is 19.4. The molecule has 0 fully saturated rings. The van der Waals surface area contributed by atoms with E-state index in [-0.39, 0.29) is 11.7 Å². The van der Waals surface area contributed by atoms with Gasteiger partial charge in [0.15, 0.2) is 5.82 Å². The lowest BCUT2D eigenvalue weighted by Gasteiger charge is -2.08. The highest BCUT2D eigenvalue weighted by Crippen LogP contribution is 2.29. The van der Waals surface area contributed by atoms with Crippen LogP contribution in [0.1, 0.15) is 19.7 Å². The maximum atomic E-state index is 12.7. The summed E-state index contributed by atoms with van der Waals surface area (Å²) >= 11 is 0. The maximum Gasteiger partial charge on any atom is 0.453 e. The Balaban J connectivity index is 2.49. The van der Waals surface area contributed by atoms with E-state index in [2.05, 4.69) is 10.1 Å². The molecule has 1 aromatic carbocycles. The van der Waals surface area contributed by atoms with Crippen LogP contribution in [-0.4, -0.2) is 14.8 Å². The molecule has 0 unspecified atom stereocenters. The van der Waals surface area contributed by atoms with Gasteiger partial charge in [-0.2, -0.15) is 13.2 Å². The van der Waals surface area contributed by atoms with Gasteiger partial charge < -0.3 is 0 Å². The average molecular weight is 269 g/mol. The van der Waals surface area contributed by atoms with E-state index in [1.54, 1.807) is 30.3 Å². The Kier molecular flexibility index (Phi) is 3.59. The lowest BCUT2D eigenvalue weighted by molar-refractivity contribution is -0.145. The van der Waals surface area contributed by atoms with E-state index >= 15 is 0 Å². The van der Waals surface area contributed by atoms with E-state index in [0.29, 0.717) is 12.1 Å². The standard InChI is InChI=1S/C13H14F3N3/c1-9(2)8-19-11(10-6-4-3-5-7-10)17-12(18-19)13(14,15)16/h3-7,9H,8H2,1-2H3. The fourth-order valence-corrected chi connectivity index (χ4v) is 1.74. The van der Waals surface area contributed by atoms with Gasteiger partial charge in [0, 0.05) is 12.1 Å². The topological polar surface area (TPSA) is 30.7 Å². The van der Waals surface area contributed by atoms with E-state index in [9.17, 15) is 13.2 Å². The molecule has 0 spiro atoms. The van der Waals surface area contributed by atoms with Crippen LogP contribution in [-0.2, 0) is 12.7 Å². The van der Waals surface area contributed by atoms with Gasteiger partial charge in [-0.25, -0.2) is 9.67 Å². The number of hydrogen-bond acceptors (Lipinski definition) is 2. The number of benzene rings is 1. The van der Waals surface area contributed by atoms with Gasteiger partial charge in [-0.15, -0.1) is 5.10 Å². The second-order valence-electron chi connectivity index (χ2n) is 4.70. The fraction of sp³-hybridized carbons (Fsp3) is 0.385. The Labute approximate surface area is 109 Å². The van der Waals surface area contributed by atoms with E-state index in [4.69, 9.17) is 0 Å². The van der Waals surface area contributed by atoms with Crippen LogP contribution in [0, 0.1) is 5.92 Å². The summed E-state index contributed by atoms with van der Waals surface area (Å²) < 4.78 is 39.4. The number of hydrogen-bond donors (Lipinski definition) is 0. The lowest BCUT2D eigenvalue weighted by Crippen LogP contribution is -2.11. The van der Waals surface area contributed by atoms with Crippen molar-refractivity contribution in [2.24, 2.45) is 5.92 Å². The molecule has 1 aromatic heterocycles. The van der Waals surface area contributed by atoms with Gasteiger partial charge in [0.2, 0.25) is 0 Å². The molecule has 0 saturated heterocycles. The van der Waals surface area contributed by atoms with Crippen LogP contribution in [0.15, 0.2) is 30.3 Å². The monoisotopic (exact) mass is 269 g/mol. The van der Waals surface area contributed by atoms with Crippen LogP contribution in [0.2, 0.25) is 0 Å². The van der Waals surface area contributed by atoms with Gasteiger partial charge in [-0.3, -0.25) is 0 Å². The zero-order valence-electron chi connectivity index (χ0n) is 10.6. The summed E-state index contributed by atoms with van der Waals surface area (Å²) in [5.74, 6) is -0.654. The largest absolute Gasteiger partial charge is 0.453 e. The Morgan fingerprint density at radius 1 is 1.16 bits per heavy atom. The van der Waals surface area contributed by atoms with E-state index < -0.39 is 12.0 Å². The number of rotatable bonds is 3. The molecule has 0 N–H and O–H groups in total. The maximum absolute atomic E-state index is 12.7. The first-order valence-electron chi connectivity index (χ1n) is 5.95. The third-order valence-electron chi connectivity index (χ3n) is 2.50. The number of alkyl halides is 3. The van der Waals surface area contributed by atoms with Gasteiger partial charge in [-0.05, 0) is 5.92 Å². The molecule has 0 aliphatic carbocycles. The van der Waals surface area contributed by atoms with Crippen molar-refractivity contribution in [3.05, 3.63) is 36.2 Å². The molecule has 0 amide bonds. The zero-order chi connectivity index (χ0) is 14.0. The summed E-state index contributed by atoms with van der Waals surface area (Å²) in [7, 11) is 0. The molecule has 0 bridgehead atoms. The van der Waals surface area contributed by atoms with E-state index in [0.717, 1.165) is 0 Å². The molecule has 0 aliphatic rings. The molecule has 3 nitrogen and oxygen atoms in total. The molecule has 6 heteroatoms. The third-order valence-corrected chi connectivity index (χ3v) is 2.50. The van der Waals surface area contributed by atoms with Crippen LogP contribution in [0.5, 0.6) is 0 Å². The SMILES string of the molecule is CC(C)Cn1nc(C(F)(F)F)nc1-c1ccccc1. The second-order valence-corrected chi connectivity index (χ2v) is 4.70. The quantitative estimate of drug-likeness (QED) is 0.852. The molecule has 0 radical (unpaired) electrons. The van der Waals surface area contributed by atoms with Crippen molar-refractivity contribution in [3.8, 4) is 11.4 Å². The van der Waals surface area contributed by atoms with Gasteiger partial charge in [0.05, 0.1) is 0 Å². The summed E-state index contributed by atoms with van der Waals surface area (Å²) in [6.45, 7) is 4.24. The van der Waals surface area contributed by atoms with Crippen molar-refractivity contribution in [1.82, 2.24) is 14.8 Å². The highest BCUT2D eigenvalue weighted by Gasteiger charge is 2.37. The van der Waals surface area contributed by atoms with Crippen LogP contribution < -0.4 is 0 Å². The number of nitrogens with zero attached hydrogens (tertiary/aromatic N) is 3. The van der Waals surface area contributed by atoms with Crippen molar-refractivity contribution in [2.75, 3.05) is 0 Å². The van der Waals surface area contributed by atoms with E-state index in [1.165, 1.54) is 4.68 Å². The molecule has 2 rings (SSSR count). The first kappa shape index (κ1) is 13.6. The molecular weight excluding hydrogens is 255 g/mol.